The van der Waals surface area contributed by atoms with Gasteiger partial charge in [0.2, 0.25) is 0 Å². The second-order valence-corrected chi connectivity index (χ2v) is 6.84. The topological polar surface area (TPSA) is 29.9 Å². The first-order chi connectivity index (χ1) is 9.60. The van der Waals surface area contributed by atoms with E-state index in [2.05, 4.69) is 58.4 Å². The predicted octanol–water partition coefficient (Wildman–Crippen LogP) is 4.39. The third-order valence-electron chi connectivity index (χ3n) is 3.05. The third kappa shape index (κ3) is 4.11. The van der Waals surface area contributed by atoms with Crippen LogP contribution < -0.4 is 5.32 Å². The van der Waals surface area contributed by atoms with E-state index in [0.29, 0.717) is 6.04 Å². The Morgan fingerprint density at radius 3 is 2.90 bits per heavy atom. The minimum absolute atomic E-state index is 0.349. The quantitative estimate of drug-likeness (QED) is 0.834. The first kappa shape index (κ1) is 15.6. The number of nitrogens with zero attached hydrogens (tertiary/aromatic N) is 2. The second kappa shape index (κ2) is 7.29. The molecule has 1 N–H and O–H groups in total. The van der Waals surface area contributed by atoms with Gasteiger partial charge in [0, 0.05) is 28.7 Å². The minimum atomic E-state index is 0.349. The van der Waals surface area contributed by atoms with E-state index in [9.17, 15) is 0 Å². The van der Waals surface area contributed by atoms with E-state index in [1.54, 1.807) is 11.8 Å². The molecule has 20 heavy (non-hydrogen) atoms. The van der Waals surface area contributed by atoms with Crippen molar-refractivity contribution < 1.29 is 0 Å². The fourth-order valence-corrected chi connectivity index (χ4v) is 3.62. The molecule has 0 saturated heterocycles. The van der Waals surface area contributed by atoms with Crippen LogP contribution in [0, 0.1) is 0 Å². The highest BCUT2D eigenvalue weighted by molar-refractivity contribution is 9.10. The summed E-state index contributed by atoms with van der Waals surface area (Å²) in [6.45, 7) is 5.44. The number of hydrogen-bond acceptors (Lipinski definition) is 3. The fourth-order valence-electron chi connectivity index (χ4n) is 2.00. The average Bonchev–Trinajstić information content (AvgIpc) is 2.81. The summed E-state index contributed by atoms with van der Waals surface area (Å²) in [5.74, 6) is 0. The van der Waals surface area contributed by atoms with Gasteiger partial charge in [0.15, 0.2) is 0 Å². The number of nitrogens with one attached hydrogen (secondary N) is 1. The molecular weight excluding hydrogens is 334 g/mol. The van der Waals surface area contributed by atoms with Crippen molar-refractivity contribution >= 4 is 27.7 Å². The first-order valence-electron chi connectivity index (χ1n) is 6.79. The van der Waals surface area contributed by atoms with Gasteiger partial charge in [-0.15, -0.1) is 0 Å². The van der Waals surface area contributed by atoms with Gasteiger partial charge in [-0.2, -0.15) is 5.10 Å². The van der Waals surface area contributed by atoms with Crippen molar-refractivity contribution in [3.8, 4) is 0 Å². The monoisotopic (exact) mass is 353 g/mol. The van der Waals surface area contributed by atoms with Gasteiger partial charge in [-0.05, 0) is 37.6 Å². The Bertz CT molecular complexity index is 568. The van der Waals surface area contributed by atoms with Gasteiger partial charge in [-0.25, -0.2) is 0 Å². The lowest BCUT2D eigenvalue weighted by Gasteiger charge is -2.17. The Kier molecular flexibility index (Phi) is 5.69. The van der Waals surface area contributed by atoms with Gasteiger partial charge in [0.25, 0.3) is 0 Å². The molecule has 1 aromatic heterocycles. The van der Waals surface area contributed by atoms with Crippen molar-refractivity contribution in [2.75, 3.05) is 6.54 Å². The van der Waals surface area contributed by atoms with Crippen LogP contribution in [0.4, 0.5) is 0 Å². The van der Waals surface area contributed by atoms with Crippen molar-refractivity contribution in [2.45, 2.75) is 36.1 Å². The summed E-state index contributed by atoms with van der Waals surface area (Å²) in [5, 5.41) is 7.78. The Morgan fingerprint density at radius 1 is 1.45 bits per heavy atom. The molecular formula is C15H20BrN3S. The van der Waals surface area contributed by atoms with Gasteiger partial charge in [-0.3, -0.25) is 4.68 Å². The molecule has 2 aromatic rings. The predicted molar refractivity (Wildman–Crippen MR) is 88.2 cm³/mol. The normalized spacial score (nSPS) is 12.6. The lowest BCUT2D eigenvalue weighted by Crippen LogP contribution is -2.19. The Labute approximate surface area is 133 Å². The van der Waals surface area contributed by atoms with Gasteiger partial charge in [-0.1, -0.05) is 40.7 Å². The lowest BCUT2D eigenvalue weighted by atomic mass is 10.1. The Morgan fingerprint density at radius 2 is 2.25 bits per heavy atom. The van der Waals surface area contributed by atoms with Crippen LogP contribution in [0.25, 0.3) is 0 Å². The molecule has 1 atom stereocenters. The lowest BCUT2D eigenvalue weighted by molar-refractivity contribution is 0.563. The van der Waals surface area contributed by atoms with E-state index in [0.717, 1.165) is 22.3 Å². The Hall–Kier alpha value is -0.780. The minimum Gasteiger partial charge on any atom is -0.310 e. The molecule has 1 heterocycles. The molecule has 1 unspecified atom stereocenters. The highest BCUT2D eigenvalue weighted by Gasteiger charge is 2.12. The molecule has 0 saturated carbocycles. The number of aromatic nitrogens is 2. The molecule has 0 spiro atoms. The summed E-state index contributed by atoms with van der Waals surface area (Å²) in [6.07, 6.45) is 5.09. The summed E-state index contributed by atoms with van der Waals surface area (Å²) in [4.78, 5) is 2.43. The van der Waals surface area contributed by atoms with E-state index in [4.69, 9.17) is 0 Å². The molecule has 0 fully saturated rings. The third-order valence-corrected chi connectivity index (χ3v) is 4.56. The van der Waals surface area contributed by atoms with Crippen LogP contribution in [0.1, 0.15) is 31.9 Å². The molecule has 0 aliphatic heterocycles. The zero-order valence-corrected chi connectivity index (χ0v) is 14.5. The fraction of sp³-hybridized carbons (Fsp3) is 0.400. The summed E-state index contributed by atoms with van der Waals surface area (Å²) >= 11 is 5.32. The van der Waals surface area contributed by atoms with Crippen LogP contribution in [-0.2, 0) is 7.05 Å². The number of halogens is 1. The number of hydrogen-bond donors (Lipinski definition) is 1. The number of aryl methyl sites for hydroxylation is 1. The van der Waals surface area contributed by atoms with Gasteiger partial charge < -0.3 is 5.32 Å². The van der Waals surface area contributed by atoms with Crippen molar-refractivity contribution in [3.05, 3.63) is 40.6 Å². The van der Waals surface area contributed by atoms with E-state index in [1.807, 2.05) is 24.1 Å². The van der Waals surface area contributed by atoms with Crippen LogP contribution >= 0.6 is 27.7 Å². The highest BCUT2D eigenvalue weighted by Crippen LogP contribution is 2.35. The maximum absolute atomic E-state index is 4.23. The Balaban J connectivity index is 2.23. The molecule has 2 rings (SSSR count). The van der Waals surface area contributed by atoms with E-state index < -0.39 is 0 Å². The SMILES string of the molecule is CCCNC(C)c1ccc(Br)cc1Sc1cnn(C)c1. The molecule has 3 nitrogen and oxygen atoms in total. The number of rotatable bonds is 6. The smallest absolute Gasteiger partial charge is 0.0629 e. The standard InChI is InChI=1S/C15H20BrN3S/c1-4-7-17-11(2)14-6-5-12(16)8-15(14)20-13-9-18-19(3)10-13/h5-6,8-11,17H,4,7H2,1-3H3. The summed E-state index contributed by atoms with van der Waals surface area (Å²) in [7, 11) is 1.94. The molecule has 0 amide bonds. The zero-order valence-electron chi connectivity index (χ0n) is 12.1. The van der Waals surface area contributed by atoms with Crippen molar-refractivity contribution in [2.24, 2.45) is 7.05 Å². The van der Waals surface area contributed by atoms with Gasteiger partial charge >= 0.3 is 0 Å². The van der Waals surface area contributed by atoms with Crippen LogP contribution in [0.15, 0.2) is 44.9 Å². The molecule has 1 aromatic carbocycles. The summed E-state index contributed by atoms with van der Waals surface area (Å²) in [5.41, 5.74) is 1.33. The van der Waals surface area contributed by atoms with E-state index in [1.165, 1.54) is 10.5 Å². The van der Waals surface area contributed by atoms with Crippen LogP contribution in [-0.4, -0.2) is 16.3 Å². The van der Waals surface area contributed by atoms with Gasteiger partial charge in [0.05, 0.1) is 11.1 Å². The zero-order chi connectivity index (χ0) is 14.5. The first-order valence-corrected chi connectivity index (χ1v) is 8.40. The van der Waals surface area contributed by atoms with E-state index >= 15 is 0 Å². The maximum Gasteiger partial charge on any atom is 0.0629 e. The molecule has 0 bridgehead atoms. The van der Waals surface area contributed by atoms with E-state index in [-0.39, 0.29) is 0 Å². The number of benzene rings is 1. The highest BCUT2D eigenvalue weighted by atomic mass is 79.9. The van der Waals surface area contributed by atoms with Crippen molar-refractivity contribution in [1.82, 2.24) is 15.1 Å². The van der Waals surface area contributed by atoms with Gasteiger partial charge in [0.1, 0.15) is 0 Å². The van der Waals surface area contributed by atoms with Crippen LogP contribution in [0.2, 0.25) is 0 Å². The molecule has 0 radical (unpaired) electrons. The molecule has 108 valence electrons. The summed E-state index contributed by atoms with van der Waals surface area (Å²) < 4.78 is 2.94. The second-order valence-electron chi connectivity index (χ2n) is 4.81. The maximum atomic E-state index is 4.23. The van der Waals surface area contributed by atoms with Crippen LogP contribution in [0.3, 0.4) is 0 Å². The van der Waals surface area contributed by atoms with Crippen molar-refractivity contribution in [3.63, 3.8) is 0 Å². The largest absolute Gasteiger partial charge is 0.310 e. The molecule has 5 heteroatoms. The van der Waals surface area contributed by atoms with Crippen LogP contribution in [0.5, 0.6) is 0 Å². The molecule has 0 aliphatic rings. The average molecular weight is 354 g/mol. The van der Waals surface area contributed by atoms with Crippen molar-refractivity contribution in [1.29, 1.82) is 0 Å². The molecule has 0 aliphatic carbocycles. The summed E-state index contributed by atoms with van der Waals surface area (Å²) in [6, 6.07) is 6.82.